The van der Waals surface area contributed by atoms with Crippen molar-refractivity contribution in [3.05, 3.63) is 58.9 Å². The molecule has 6 heteroatoms. The Morgan fingerprint density at radius 3 is 2.17 bits per heavy atom. The van der Waals surface area contributed by atoms with E-state index >= 15 is 0 Å². The standard InChI is InChI=1S/C17H20FNO3S/c1-12-10-13(2)17(14(3)11-12)22-9-8-19-23(20,21)16-6-4-15(18)5-7-16/h4-7,10-11,19H,8-9H2,1-3H3. The topological polar surface area (TPSA) is 55.4 Å². The maximum absolute atomic E-state index is 12.8. The highest BCUT2D eigenvalue weighted by Gasteiger charge is 2.13. The van der Waals surface area contributed by atoms with Gasteiger partial charge >= 0.3 is 0 Å². The van der Waals surface area contributed by atoms with Gasteiger partial charge in [0.15, 0.2) is 0 Å². The van der Waals surface area contributed by atoms with E-state index in [1.165, 1.54) is 12.1 Å². The molecule has 0 aliphatic rings. The van der Waals surface area contributed by atoms with E-state index in [0.29, 0.717) is 0 Å². The van der Waals surface area contributed by atoms with Gasteiger partial charge in [-0.2, -0.15) is 0 Å². The van der Waals surface area contributed by atoms with E-state index in [4.69, 9.17) is 4.74 Å². The van der Waals surface area contributed by atoms with Gasteiger partial charge in [0.2, 0.25) is 10.0 Å². The summed E-state index contributed by atoms with van der Waals surface area (Å²) < 4.78 is 45.1. The number of benzene rings is 2. The minimum absolute atomic E-state index is 0.0293. The van der Waals surface area contributed by atoms with Crippen LogP contribution in [0.15, 0.2) is 41.3 Å². The van der Waals surface area contributed by atoms with Crippen molar-refractivity contribution >= 4 is 10.0 Å². The maximum atomic E-state index is 12.8. The average molecular weight is 337 g/mol. The van der Waals surface area contributed by atoms with Gasteiger partial charge in [0, 0.05) is 6.54 Å². The number of halogens is 1. The Kier molecular flexibility index (Phi) is 5.38. The summed E-state index contributed by atoms with van der Waals surface area (Å²) >= 11 is 0. The molecule has 0 unspecified atom stereocenters. The number of aryl methyl sites for hydroxylation is 3. The van der Waals surface area contributed by atoms with E-state index in [9.17, 15) is 12.8 Å². The molecule has 2 aromatic carbocycles. The average Bonchev–Trinajstić information content (AvgIpc) is 2.45. The zero-order chi connectivity index (χ0) is 17.0. The summed E-state index contributed by atoms with van der Waals surface area (Å²) in [5.41, 5.74) is 3.19. The molecular weight excluding hydrogens is 317 g/mol. The lowest BCUT2D eigenvalue weighted by Gasteiger charge is -2.13. The number of hydrogen-bond donors (Lipinski definition) is 1. The Labute approximate surface area is 136 Å². The molecule has 0 spiro atoms. The van der Waals surface area contributed by atoms with Crippen LogP contribution in [0.3, 0.4) is 0 Å². The molecule has 124 valence electrons. The highest BCUT2D eigenvalue weighted by Crippen LogP contribution is 2.24. The van der Waals surface area contributed by atoms with Crippen molar-refractivity contribution in [1.82, 2.24) is 4.72 Å². The molecule has 0 heterocycles. The van der Waals surface area contributed by atoms with Gasteiger partial charge in [-0.1, -0.05) is 17.7 Å². The lowest BCUT2D eigenvalue weighted by molar-refractivity contribution is 0.318. The zero-order valence-electron chi connectivity index (χ0n) is 13.4. The van der Waals surface area contributed by atoms with Gasteiger partial charge in [-0.05, 0) is 56.2 Å². The van der Waals surface area contributed by atoms with Crippen molar-refractivity contribution < 1.29 is 17.5 Å². The molecule has 0 atom stereocenters. The van der Waals surface area contributed by atoms with Crippen molar-refractivity contribution in [3.8, 4) is 5.75 Å². The third kappa shape index (κ3) is 4.53. The monoisotopic (exact) mass is 337 g/mol. The van der Waals surface area contributed by atoms with E-state index in [1.54, 1.807) is 0 Å². The zero-order valence-corrected chi connectivity index (χ0v) is 14.2. The predicted octanol–water partition coefficient (Wildman–Crippen LogP) is 3.11. The fourth-order valence-corrected chi connectivity index (χ4v) is 3.43. The molecule has 0 fully saturated rings. The Hall–Kier alpha value is -1.92. The van der Waals surface area contributed by atoms with Gasteiger partial charge < -0.3 is 4.74 Å². The van der Waals surface area contributed by atoms with Gasteiger partial charge in [-0.3, -0.25) is 0 Å². The molecule has 0 saturated carbocycles. The SMILES string of the molecule is Cc1cc(C)c(OCCNS(=O)(=O)c2ccc(F)cc2)c(C)c1. The summed E-state index contributed by atoms with van der Waals surface area (Å²) in [5.74, 6) is 0.300. The Bertz CT molecular complexity index is 763. The van der Waals surface area contributed by atoms with Crippen LogP contribution in [0.25, 0.3) is 0 Å². The molecular formula is C17H20FNO3S. The third-order valence-corrected chi connectivity index (χ3v) is 4.85. The number of hydrogen-bond acceptors (Lipinski definition) is 3. The molecule has 0 radical (unpaired) electrons. The van der Waals surface area contributed by atoms with E-state index in [1.807, 2.05) is 32.9 Å². The second-order valence-electron chi connectivity index (χ2n) is 5.43. The summed E-state index contributed by atoms with van der Waals surface area (Å²) in [6.45, 7) is 6.27. The van der Waals surface area contributed by atoms with Crippen molar-refractivity contribution in [2.45, 2.75) is 25.7 Å². The van der Waals surface area contributed by atoms with Gasteiger partial charge in [-0.25, -0.2) is 17.5 Å². The molecule has 23 heavy (non-hydrogen) atoms. The van der Waals surface area contributed by atoms with Crippen molar-refractivity contribution in [2.75, 3.05) is 13.2 Å². The van der Waals surface area contributed by atoms with Crippen LogP contribution in [-0.2, 0) is 10.0 Å². The van der Waals surface area contributed by atoms with E-state index < -0.39 is 15.8 Å². The van der Waals surface area contributed by atoms with Crippen molar-refractivity contribution in [2.24, 2.45) is 0 Å². The van der Waals surface area contributed by atoms with Crippen LogP contribution in [0.5, 0.6) is 5.75 Å². The summed E-state index contributed by atoms with van der Waals surface area (Å²) in [6, 6.07) is 8.73. The fraction of sp³-hybridized carbons (Fsp3) is 0.294. The molecule has 2 aromatic rings. The molecule has 0 saturated heterocycles. The smallest absolute Gasteiger partial charge is 0.240 e. The first-order valence-electron chi connectivity index (χ1n) is 7.25. The number of sulfonamides is 1. The molecule has 0 aliphatic heterocycles. The Balaban J connectivity index is 1.94. The maximum Gasteiger partial charge on any atom is 0.240 e. The van der Waals surface area contributed by atoms with Crippen LogP contribution in [0, 0.1) is 26.6 Å². The molecule has 0 amide bonds. The number of ether oxygens (including phenoxy) is 1. The number of nitrogens with one attached hydrogen (secondary N) is 1. The van der Waals surface area contributed by atoms with E-state index in [0.717, 1.165) is 34.6 Å². The van der Waals surface area contributed by atoms with Gasteiger partial charge in [0.05, 0.1) is 4.90 Å². The third-order valence-electron chi connectivity index (χ3n) is 3.37. The Morgan fingerprint density at radius 1 is 1.04 bits per heavy atom. The van der Waals surface area contributed by atoms with Gasteiger partial charge in [0.1, 0.15) is 18.2 Å². The second-order valence-corrected chi connectivity index (χ2v) is 7.19. The molecule has 4 nitrogen and oxygen atoms in total. The quantitative estimate of drug-likeness (QED) is 0.824. The first-order chi connectivity index (χ1) is 10.8. The van der Waals surface area contributed by atoms with Gasteiger partial charge in [0.25, 0.3) is 0 Å². The summed E-state index contributed by atoms with van der Waals surface area (Å²) in [5, 5.41) is 0. The molecule has 0 aliphatic carbocycles. The van der Waals surface area contributed by atoms with E-state index in [2.05, 4.69) is 4.72 Å². The molecule has 2 rings (SSSR count). The largest absolute Gasteiger partial charge is 0.492 e. The first-order valence-corrected chi connectivity index (χ1v) is 8.74. The van der Waals surface area contributed by atoms with Crippen LogP contribution in [-0.4, -0.2) is 21.6 Å². The molecule has 1 N–H and O–H groups in total. The molecule has 0 aromatic heterocycles. The predicted molar refractivity (Wildman–Crippen MR) is 87.7 cm³/mol. The Morgan fingerprint density at radius 2 is 1.61 bits per heavy atom. The normalized spacial score (nSPS) is 11.5. The van der Waals surface area contributed by atoms with Crippen molar-refractivity contribution in [1.29, 1.82) is 0 Å². The highest BCUT2D eigenvalue weighted by molar-refractivity contribution is 7.89. The van der Waals surface area contributed by atoms with Crippen molar-refractivity contribution in [3.63, 3.8) is 0 Å². The number of rotatable bonds is 6. The molecule has 0 bridgehead atoms. The fourth-order valence-electron chi connectivity index (χ4n) is 2.42. The second kappa shape index (κ2) is 7.10. The summed E-state index contributed by atoms with van der Waals surface area (Å²) in [4.78, 5) is 0.0293. The van der Waals surface area contributed by atoms with Crippen LogP contribution in [0.2, 0.25) is 0 Å². The first kappa shape index (κ1) is 17.4. The van der Waals surface area contributed by atoms with E-state index in [-0.39, 0.29) is 18.0 Å². The van der Waals surface area contributed by atoms with Crippen LogP contribution in [0.1, 0.15) is 16.7 Å². The minimum atomic E-state index is -3.66. The summed E-state index contributed by atoms with van der Waals surface area (Å²) in [6.07, 6.45) is 0. The van der Waals surface area contributed by atoms with Gasteiger partial charge in [-0.15, -0.1) is 0 Å². The summed E-state index contributed by atoms with van der Waals surface area (Å²) in [7, 11) is -3.66. The lowest BCUT2D eigenvalue weighted by Crippen LogP contribution is -2.28. The van der Waals surface area contributed by atoms with Crippen LogP contribution >= 0.6 is 0 Å². The van der Waals surface area contributed by atoms with Crippen LogP contribution in [0.4, 0.5) is 4.39 Å². The highest BCUT2D eigenvalue weighted by atomic mass is 32.2. The van der Waals surface area contributed by atoms with Crippen LogP contribution < -0.4 is 9.46 Å². The lowest BCUT2D eigenvalue weighted by atomic mass is 10.1. The minimum Gasteiger partial charge on any atom is -0.492 e.